The van der Waals surface area contributed by atoms with Crippen LogP contribution in [0.5, 0.6) is 5.75 Å². The first kappa shape index (κ1) is 20.0. The Morgan fingerprint density at radius 3 is 2.46 bits per heavy atom. The standard InChI is InChI=1S/C17H27N3O4/c1-6-7-8-14(20-16(22)17(3,4)23-5)15(21)11-24-13-9-18-12(2)19-10-13/h9-10,14H,6-8,11H2,1-5H3,(H,20,22). The number of unbranched alkanes of at least 4 members (excludes halogenated alkanes) is 1. The van der Waals surface area contributed by atoms with Gasteiger partial charge in [0.25, 0.3) is 5.91 Å². The van der Waals surface area contributed by atoms with Crippen LogP contribution in [0.25, 0.3) is 0 Å². The summed E-state index contributed by atoms with van der Waals surface area (Å²) in [6, 6.07) is -0.599. The Morgan fingerprint density at radius 1 is 1.29 bits per heavy atom. The average molecular weight is 337 g/mol. The molecular weight excluding hydrogens is 310 g/mol. The molecule has 1 amide bonds. The minimum atomic E-state index is -0.990. The van der Waals surface area contributed by atoms with E-state index in [0.29, 0.717) is 18.0 Å². The van der Waals surface area contributed by atoms with Gasteiger partial charge in [0.15, 0.2) is 11.5 Å². The lowest BCUT2D eigenvalue weighted by molar-refractivity contribution is -0.142. The third-order valence-corrected chi connectivity index (χ3v) is 3.74. The highest BCUT2D eigenvalue weighted by molar-refractivity contribution is 5.92. The van der Waals surface area contributed by atoms with Crippen LogP contribution < -0.4 is 10.1 Å². The normalized spacial score (nSPS) is 12.5. The number of aromatic nitrogens is 2. The maximum Gasteiger partial charge on any atom is 0.252 e. The lowest BCUT2D eigenvalue weighted by Crippen LogP contribution is -2.51. The number of hydrogen-bond acceptors (Lipinski definition) is 6. The van der Waals surface area contributed by atoms with Crippen LogP contribution in [0, 0.1) is 6.92 Å². The number of amides is 1. The van der Waals surface area contributed by atoms with Crippen molar-refractivity contribution in [2.24, 2.45) is 0 Å². The number of carbonyl (C=O) groups excluding carboxylic acids is 2. The highest BCUT2D eigenvalue weighted by atomic mass is 16.5. The van der Waals surface area contributed by atoms with Gasteiger partial charge in [0.1, 0.15) is 18.0 Å². The average Bonchev–Trinajstić information content (AvgIpc) is 2.57. The van der Waals surface area contributed by atoms with Crippen molar-refractivity contribution in [1.82, 2.24) is 15.3 Å². The van der Waals surface area contributed by atoms with E-state index in [1.807, 2.05) is 6.92 Å². The van der Waals surface area contributed by atoms with E-state index in [2.05, 4.69) is 15.3 Å². The van der Waals surface area contributed by atoms with Crippen LogP contribution in [0.4, 0.5) is 0 Å². The molecule has 0 aliphatic heterocycles. The SMILES string of the molecule is CCCCC(NC(=O)C(C)(C)OC)C(=O)COc1cnc(C)nc1. The Balaban J connectivity index is 2.66. The summed E-state index contributed by atoms with van der Waals surface area (Å²) in [4.78, 5) is 32.7. The van der Waals surface area contributed by atoms with Gasteiger partial charge in [-0.3, -0.25) is 9.59 Å². The van der Waals surface area contributed by atoms with Gasteiger partial charge in [-0.2, -0.15) is 0 Å². The Hall–Kier alpha value is -2.02. The fourth-order valence-electron chi connectivity index (χ4n) is 1.86. The van der Waals surface area contributed by atoms with E-state index in [1.54, 1.807) is 20.8 Å². The van der Waals surface area contributed by atoms with Gasteiger partial charge in [0.2, 0.25) is 0 Å². The molecule has 1 atom stereocenters. The molecule has 1 unspecified atom stereocenters. The van der Waals surface area contributed by atoms with Gasteiger partial charge in [-0.1, -0.05) is 19.8 Å². The molecule has 1 aromatic rings. The lowest BCUT2D eigenvalue weighted by Gasteiger charge is -2.25. The lowest BCUT2D eigenvalue weighted by atomic mass is 10.0. The monoisotopic (exact) mass is 337 g/mol. The molecule has 0 radical (unpaired) electrons. The van der Waals surface area contributed by atoms with Crippen molar-refractivity contribution in [2.45, 2.75) is 58.6 Å². The zero-order valence-corrected chi connectivity index (χ0v) is 15.1. The maximum atomic E-state index is 12.4. The molecule has 0 aliphatic rings. The molecule has 0 fully saturated rings. The van der Waals surface area contributed by atoms with Crippen molar-refractivity contribution in [3.8, 4) is 5.75 Å². The number of methoxy groups -OCH3 is 1. The second-order valence-corrected chi connectivity index (χ2v) is 6.10. The van der Waals surface area contributed by atoms with E-state index < -0.39 is 11.6 Å². The molecule has 1 heterocycles. The van der Waals surface area contributed by atoms with Crippen molar-refractivity contribution in [1.29, 1.82) is 0 Å². The van der Waals surface area contributed by atoms with E-state index in [9.17, 15) is 9.59 Å². The Kier molecular flexibility index (Phi) is 7.78. The van der Waals surface area contributed by atoms with Crippen LogP contribution in [-0.2, 0) is 14.3 Å². The smallest absolute Gasteiger partial charge is 0.252 e. The van der Waals surface area contributed by atoms with Crippen LogP contribution in [0.3, 0.4) is 0 Å². The fraction of sp³-hybridized carbons (Fsp3) is 0.647. The third kappa shape index (κ3) is 6.23. The van der Waals surface area contributed by atoms with Crippen molar-refractivity contribution >= 4 is 11.7 Å². The minimum absolute atomic E-state index is 0.144. The summed E-state index contributed by atoms with van der Waals surface area (Å²) in [5, 5.41) is 2.76. The molecule has 24 heavy (non-hydrogen) atoms. The number of carbonyl (C=O) groups is 2. The van der Waals surface area contributed by atoms with Crippen LogP contribution in [0.15, 0.2) is 12.4 Å². The summed E-state index contributed by atoms with van der Waals surface area (Å²) in [5.74, 6) is 0.540. The van der Waals surface area contributed by atoms with Gasteiger partial charge in [-0.05, 0) is 27.2 Å². The van der Waals surface area contributed by atoms with E-state index in [4.69, 9.17) is 9.47 Å². The van der Waals surface area contributed by atoms with Gasteiger partial charge in [0.05, 0.1) is 18.4 Å². The first-order valence-corrected chi connectivity index (χ1v) is 8.10. The summed E-state index contributed by atoms with van der Waals surface area (Å²) in [7, 11) is 1.46. The molecule has 1 rings (SSSR count). The maximum absolute atomic E-state index is 12.4. The Bertz CT molecular complexity index is 543. The summed E-state index contributed by atoms with van der Waals surface area (Å²) in [5.41, 5.74) is -0.990. The molecule has 0 spiro atoms. The topological polar surface area (TPSA) is 90.4 Å². The summed E-state index contributed by atoms with van der Waals surface area (Å²) in [6.07, 6.45) is 5.36. The number of nitrogens with one attached hydrogen (secondary N) is 1. The first-order valence-electron chi connectivity index (χ1n) is 8.10. The molecule has 1 aromatic heterocycles. The van der Waals surface area contributed by atoms with E-state index >= 15 is 0 Å². The van der Waals surface area contributed by atoms with Crippen LogP contribution >= 0.6 is 0 Å². The largest absolute Gasteiger partial charge is 0.483 e. The molecule has 1 N–H and O–H groups in total. The van der Waals surface area contributed by atoms with Crippen LogP contribution in [0.2, 0.25) is 0 Å². The van der Waals surface area contributed by atoms with Crippen LogP contribution in [0.1, 0.15) is 45.9 Å². The fourth-order valence-corrected chi connectivity index (χ4v) is 1.86. The first-order chi connectivity index (χ1) is 11.3. The number of ether oxygens (including phenoxy) is 2. The molecule has 0 saturated carbocycles. The minimum Gasteiger partial charge on any atom is -0.483 e. The van der Waals surface area contributed by atoms with Gasteiger partial charge < -0.3 is 14.8 Å². The van der Waals surface area contributed by atoms with Crippen molar-refractivity contribution in [3.05, 3.63) is 18.2 Å². The molecular formula is C17H27N3O4. The molecule has 134 valence electrons. The van der Waals surface area contributed by atoms with Crippen LogP contribution in [-0.4, -0.2) is 47.0 Å². The summed E-state index contributed by atoms with van der Waals surface area (Å²) < 4.78 is 10.6. The third-order valence-electron chi connectivity index (χ3n) is 3.74. The molecule has 7 heteroatoms. The predicted molar refractivity (Wildman–Crippen MR) is 89.8 cm³/mol. The Morgan fingerprint density at radius 2 is 1.92 bits per heavy atom. The molecule has 0 aromatic carbocycles. The Labute approximate surface area is 143 Å². The number of hydrogen-bond donors (Lipinski definition) is 1. The van der Waals surface area contributed by atoms with Crippen molar-refractivity contribution in [2.75, 3.05) is 13.7 Å². The van der Waals surface area contributed by atoms with Gasteiger partial charge in [-0.15, -0.1) is 0 Å². The molecule has 0 bridgehead atoms. The zero-order chi connectivity index (χ0) is 18.2. The van der Waals surface area contributed by atoms with Crippen molar-refractivity contribution in [3.63, 3.8) is 0 Å². The van der Waals surface area contributed by atoms with Gasteiger partial charge in [0, 0.05) is 7.11 Å². The molecule has 0 aliphatic carbocycles. The van der Waals surface area contributed by atoms with Gasteiger partial charge in [-0.25, -0.2) is 9.97 Å². The van der Waals surface area contributed by atoms with Crippen molar-refractivity contribution < 1.29 is 19.1 Å². The predicted octanol–water partition coefficient (Wildman–Crippen LogP) is 1.83. The highest BCUT2D eigenvalue weighted by Gasteiger charge is 2.31. The number of rotatable bonds is 10. The zero-order valence-electron chi connectivity index (χ0n) is 15.1. The van der Waals surface area contributed by atoms with E-state index in [-0.39, 0.29) is 18.3 Å². The van der Waals surface area contributed by atoms with Gasteiger partial charge >= 0.3 is 0 Å². The number of Topliss-reactive ketones (excluding diaryl/α,β-unsaturated/α-hetero) is 1. The van der Waals surface area contributed by atoms with E-state index in [0.717, 1.165) is 12.8 Å². The highest BCUT2D eigenvalue weighted by Crippen LogP contribution is 2.11. The summed E-state index contributed by atoms with van der Waals surface area (Å²) in [6.45, 7) is 6.97. The molecule has 7 nitrogen and oxygen atoms in total. The number of ketones is 1. The number of aryl methyl sites for hydroxylation is 1. The quantitative estimate of drug-likeness (QED) is 0.700. The number of nitrogens with zero attached hydrogens (tertiary/aromatic N) is 2. The van der Waals surface area contributed by atoms with E-state index in [1.165, 1.54) is 19.5 Å². The molecule has 0 saturated heterocycles. The second-order valence-electron chi connectivity index (χ2n) is 6.10. The second kappa shape index (κ2) is 9.32. The summed E-state index contributed by atoms with van der Waals surface area (Å²) >= 11 is 0.